The van der Waals surface area contributed by atoms with Gasteiger partial charge >= 0.3 is 19.7 Å². The summed E-state index contributed by atoms with van der Waals surface area (Å²) < 4.78 is 82.0. The zero-order chi connectivity index (χ0) is 42.4. The monoisotopic (exact) mass is 860 g/mol. The lowest BCUT2D eigenvalue weighted by molar-refractivity contribution is -0.153. The molecule has 0 bridgehead atoms. The number of benzene rings is 3. The van der Waals surface area contributed by atoms with Crippen LogP contribution < -0.4 is 10.1 Å². The topological polar surface area (TPSA) is 185 Å². The Morgan fingerprint density at radius 2 is 1.64 bits per heavy atom. The van der Waals surface area contributed by atoms with Crippen LogP contribution in [0.25, 0.3) is 0 Å². The fraction of sp³-hybridized carbons (Fsp3) is 0.524. The van der Waals surface area contributed by atoms with Gasteiger partial charge in [-0.3, -0.25) is 9.09 Å². The lowest BCUT2D eigenvalue weighted by Gasteiger charge is -2.31. The number of carbonyl (C=O) groups excluding carboxylic acids is 2. The number of carbonyl (C=O) groups is 2. The maximum Gasteiger partial charge on any atom is 0.407 e. The lowest BCUT2D eigenvalue weighted by Crippen LogP contribution is -2.51. The van der Waals surface area contributed by atoms with Crippen molar-refractivity contribution in [2.24, 2.45) is 11.8 Å². The lowest BCUT2D eigenvalue weighted by atomic mass is 10.0. The van der Waals surface area contributed by atoms with Crippen molar-refractivity contribution in [2.45, 2.75) is 95.5 Å². The highest BCUT2D eigenvalue weighted by Crippen LogP contribution is 2.49. The number of unbranched alkanes of at least 4 members (excludes halogenated alkanes) is 1. The number of sulfonamides is 1. The van der Waals surface area contributed by atoms with Gasteiger partial charge in [0, 0.05) is 13.1 Å². The van der Waals surface area contributed by atoms with Gasteiger partial charge in [0.2, 0.25) is 10.0 Å². The summed E-state index contributed by atoms with van der Waals surface area (Å²) in [6.45, 7) is 7.80. The number of nitrogens with zero attached hydrogens (tertiary/aromatic N) is 1. The van der Waals surface area contributed by atoms with Crippen molar-refractivity contribution < 1.29 is 60.4 Å². The maximum absolute atomic E-state index is 13.8. The molecule has 2 aliphatic heterocycles. The first-order valence-electron chi connectivity index (χ1n) is 20.0. The SMILES string of the molecule is CCCCOP(=O)(COc1ccc(C[C@H](NC(=O)O[C@H]2CO[C@H]3OCC[C@H]32)[C@H](O)CN(CC(C)C)S(=O)(=O)c2ccccc2)cc1)O[C@@H](C)C(=O)OCc1ccccc1. The van der Waals surface area contributed by atoms with Crippen LogP contribution in [-0.2, 0) is 60.4 Å². The summed E-state index contributed by atoms with van der Waals surface area (Å²) in [5.41, 5.74) is 1.45. The Labute approximate surface area is 347 Å². The Kier molecular flexibility index (Phi) is 17.3. The highest BCUT2D eigenvalue weighted by molar-refractivity contribution is 7.89. The molecule has 3 aromatic carbocycles. The predicted octanol–water partition coefficient (Wildman–Crippen LogP) is 6.29. The first-order chi connectivity index (χ1) is 28.3. The Bertz CT molecular complexity index is 1920. The molecule has 0 aliphatic carbocycles. The molecular formula is C42H57N2O13PS. The molecular weight excluding hydrogens is 804 g/mol. The molecule has 3 aromatic rings. The number of aliphatic hydroxyl groups excluding tert-OH is 1. The number of ether oxygens (including phenoxy) is 5. The number of rotatable bonds is 23. The Morgan fingerprint density at radius 3 is 2.32 bits per heavy atom. The largest absolute Gasteiger partial charge is 0.481 e. The average Bonchev–Trinajstić information content (AvgIpc) is 3.85. The van der Waals surface area contributed by atoms with E-state index in [0.29, 0.717) is 30.8 Å². The summed E-state index contributed by atoms with van der Waals surface area (Å²) in [7, 11) is -7.95. The normalized spacial score (nSPS) is 20.4. The van der Waals surface area contributed by atoms with Gasteiger partial charge in [-0.25, -0.2) is 18.0 Å². The molecule has 17 heteroatoms. The second-order valence-electron chi connectivity index (χ2n) is 15.1. The minimum atomic E-state index is -4.00. The van der Waals surface area contributed by atoms with E-state index in [1.807, 2.05) is 51.1 Å². The number of esters is 1. The highest BCUT2D eigenvalue weighted by atomic mass is 32.2. The smallest absolute Gasteiger partial charge is 0.407 e. The van der Waals surface area contributed by atoms with Crippen molar-refractivity contribution in [3.8, 4) is 5.75 Å². The first-order valence-corrected chi connectivity index (χ1v) is 23.2. The standard InChI is InChI=1S/C42H57N2O13PS/c1-5-6-22-55-58(48,57-31(4)40(46)52-27-33-13-9-7-10-14-33)29-54-34-19-17-32(18-20-34)24-37(43-42(47)56-39-28-53-41-36(39)21-23-51-41)38(45)26-44(25-30(2)3)59(49,50)35-15-11-8-12-16-35/h7-20,30-31,36-39,41,45H,5-6,21-29H2,1-4H3,(H,43,47)/t31-,36-,37-,38+,39-,41+,58?/m0/s1. The first kappa shape index (κ1) is 46.2. The van der Waals surface area contributed by atoms with Gasteiger partial charge in [-0.1, -0.05) is 87.9 Å². The molecule has 2 fully saturated rings. The fourth-order valence-electron chi connectivity index (χ4n) is 6.61. The predicted molar refractivity (Wildman–Crippen MR) is 218 cm³/mol. The van der Waals surface area contributed by atoms with Gasteiger partial charge < -0.3 is 38.6 Å². The summed E-state index contributed by atoms with van der Waals surface area (Å²) in [4.78, 5) is 26.2. The van der Waals surface area contributed by atoms with E-state index in [2.05, 4.69) is 5.32 Å². The molecule has 2 heterocycles. The van der Waals surface area contributed by atoms with Crippen LogP contribution in [0.3, 0.4) is 0 Å². The van der Waals surface area contributed by atoms with Crippen LogP contribution in [0.1, 0.15) is 58.1 Å². The van der Waals surface area contributed by atoms with Crippen LogP contribution in [0.2, 0.25) is 0 Å². The van der Waals surface area contributed by atoms with E-state index in [9.17, 15) is 27.7 Å². The number of hydrogen-bond acceptors (Lipinski definition) is 13. The van der Waals surface area contributed by atoms with E-state index in [1.54, 1.807) is 42.5 Å². The van der Waals surface area contributed by atoms with E-state index in [0.717, 1.165) is 12.0 Å². The minimum Gasteiger partial charge on any atom is -0.481 e. The number of hydrogen-bond donors (Lipinski definition) is 2. The van der Waals surface area contributed by atoms with Crippen molar-refractivity contribution in [3.05, 3.63) is 96.1 Å². The summed E-state index contributed by atoms with van der Waals surface area (Å²) in [5, 5.41) is 14.5. The molecule has 2 N–H and O–H groups in total. The van der Waals surface area contributed by atoms with Crippen LogP contribution in [0.4, 0.5) is 4.79 Å². The van der Waals surface area contributed by atoms with E-state index >= 15 is 0 Å². The quantitative estimate of drug-likeness (QED) is 0.0617. The van der Waals surface area contributed by atoms with E-state index < -0.39 is 66.7 Å². The molecule has 15 nitrogen and oxygen atoms in total. The van der Waals surface area contributed by atoms with Crippen molar-refractivity contribution in [1.82, 2.24) is 9.62 Å². The molecule has 1 unspecified atom stereocenters. The van der Waals surface area contributed by atoms with Gasteiger partial charge in [0.25, 0.3) is 0 Å². The van der Waals surface area contributed by atoms with Crippen LogP contribution in [0.15, 0.2) is 89.8 Å². The van der Waals surface area contributed by atoms with E-state index in [1.165, 1.54) is 23.4 Å². The third-order valence-electron chi connectivity index (χ3n) is 9.78. The molecule has 2 aliphatic rings. The molecule has 2 saturated heterocycles. The molecule has 59 heavy (non-hydrogen) atoms. The third kappa shape index (κ3) is 13.8. The zero-order valence-electron chi connectivity index (χ0n) is 34.1. The van der Waals surface area contributed by atoms with Crippen LogP contribution >= 0.6 is 7.60 Å². The van der Waals surface area contributed by atoms with E-state index in [-0.39, 0.29) is 56.1 Å². The average molecular weight is 861 g/mol. The molecule has 0 radical (unpaired) electrons. The number of nitrogens with one attached hydrogen (secondary N) is 1. The molecule has 0 aromatic heterocycles. The van der Waals surface area contributed by atoms with Crippen molar-refractivity contribution in [1.29, 1.82) is 0 Å². The maximum atomic E-state index is 13.8. The summed E-state index contributed by atoms with van der Waals surface area (Å²) in [6.07, 6.45) is -2.65. The van der Waals surface area contributed by atoms with E-state index in [4.69, 9.17) is 32.7 Å². The fourth-order valence-corrected chi connectivity index (χ4v) is 9.74. The van der Waals surface area contributed by atoms with Crippen LogP contribution in [0, 0.1) is 11.8 Å². The van der Waals surface area contributed by atoms with Crippen molar-refractivity contribution in [2.75, 3.05) is 39.3 Å². The number of fused-ring (bicyclic) bond motifs is 1. The Balaban J connectivity index is 1.26. The summed E-state index contributed by atoms with van der Waals surface area (Å²) in [6, 6.07) is 22.8. The number of amides is 1. The Hall–Kier alpha value is -3.86. The van der Waals surface area contributed by atoms with Crippen molar-refractivity contribution in [3.63, 3.8) is 0 Å². The molecule has 324 valence electrons. The minimum absolute atomic E-state index is 0.0284. The second kappa shape index (κ2) is 22.1. The third-order valence-corrected chi connectivity index (χ3v) is 13.3. The van der Waals surface area contributed by atoms with Gasteiger partial charge in [0.05, 0.1) is 42.8 Å². The van der Waals surface area contributed by atoms with Crippen LogP contribution in [0.5, 0.6) is 5.75 Å². The van der Waals surface area contributed by atoms with Gasteiger partial charge in [-0.2, -0.15) is 4.31 Å². The number of alkyl carbamates (subject to hydrolysis) is 1. The van der Waals surface area contributed by atoms with Gasteiger partial charge in [-0.15, -0.1) is 0 Å². The van der Waals surface area contributed by atoms with Crippen LogP contribution in [-0.4, -0.2) is 99.8 Å². The zero-order valence-corrected chi connectivity index (χ0v) is 35.8. The summed E-state index contributed by atoms with van der Waals surface area (Å²) in [5.74, 6) is -0.566. The number of aliphatic hydroxyl groups is 1. The van der Waals surface area contributed by atoms with Crippen molar-refractivity contribution >= 4 is 29.7 Å². The van der Waals surface area contributed by atoms with Gasteiger partial charge in [0.15, 0.2) is 18.7 Å². The van der Waals surface area contributed by atoms with Gasteiger partial charge in [0.1, 0.15) is 18.5 Å². The second-order valence-corrected chi connectivity index (χ2v) is 19.0. The Morgan fingerprint density at radius 1 is 0.949 bits per heavy atom. The molecule has 0 saturated carbocycles. The molecule has 5 rings (SSSR count). The highest BCUT2D eigenvalue weighted by Gasteiger charge is 2.44. The molecule has 0 spiro atoms. The summed E-state index contributed by atoms with van der Waals surface area (Å²) >= 11 is 0. The molecule has 7 atom stereocenters. The molecule has 1 amide bonds. The van der Waals surface area contributed by atoms with Gasteiger partial charge in [-0.05, 0) is 67.5 Å².